The van der Waals surface area contributed by atoms with Crippen LogP contribution in [0.25, 0.3) is 88.1 Å². The number of rotatable bonds is 3. The van der Waals surface area contributed by atoms with Gasteiger partial charge in [0, 0.05) is 38.3 Å². The van der Waals surface area contributed by atoms with Crippen LogP contribution < -0.4 is 0 Å². The van der Waals surface area contributed by atoms with Crippen molar-refractivity contribution in [1.82, 2.24) is 9.13 Å². The van der Waals surface area contributed by atoms with Gasteiger partial charge in [-0.25, -0.2) is 0 Å². The second-order valence-corrected chi connectivity index (χ2v) is 11.8. The molecule has 3 heterocycles. The highest BCUT2D eigenvalue weighted by molar-refractivity contribution is 6.25. The van der Waals surface area contributed by atoms with Crippen molar-refractivity contribution in [3.05, 3.63) is 158 Å². The SMILES string of the molecule is c1ccc(-c2ccc(-n3c4ccccc4c4c5oc6cc7c8ccccc8n(-c8ccccc8)c7cc6c5ccc43)cc2)cc1. The highest BCUT2D eigenvalue weighted by Gasteiger charge is 2.21. The Kier molecular flexibility index (Phi) is 5.00. The highest BCUT2D eigenvalue weighted by Crippen LogP contribution is 2.43. The van der Waals surface area contributed by atoms with Gasteiger partial charge in [0.2, 0.25) is 0 Å². The first-order chi connectivity index (χ1) is 22.3. The predicted molar refractivity (Wildman–Crippen MR) is 188 cm³/mol. The van der Waals surface area contributed by atoms with Gasteiger partial charge in [0.25, 0.3) is 0 Å². The van der Waals surface area contributed by atoms with E-state index in [2.05, 4.69) is 167 Å². The topological polar surface area (TPSA) is 23.0 Å². The summed E-state index contributed by atoms with van der Waals surface area (Å²) in [7, 11) is 0. The van der Waals surface area contributed by atoms with Gasteiger partial charge in [0.05, 0.1) is 27.5 Å². The third-order valence-electron chi connectivity index (χ3n) is 9.31. The van der Waals surface area contributed by atoms with Gasteiger partial charge >= 0.3 is 0 Å². The molecule has 10 aromatic rings. The van der Waals surface area contributed by atoms with Crippen LogP contribution in [-0.2, 0) is 0 Å². The zero-order chi connectivity index (χ0) is 29.5. The molecular formula is C42H26N2O. The molecule has 0 radical (unpaired) electrons. The molecule has 45 heavy (non-hydrogen) atoms. The maximum atomic E-state index is 6.85. The van der Waals surface area contributed by atoms with E-state index in [-0.39, 0.29) is 0 Å². The van der Waals surface area contributed by atoms with Gasteiger partial charge in [-0.3, -0.25) is 0 Å². The smallest absolute Gasteiger partial charge is 0.145 e. The third kappa shape index (κ3) is 3.46. The Bertz CT molecular complexity index is 2730. The highest BCUT2D eigenvalue weighted by atomic mass is 16.3. The Labute approximate surface area is 258 Å². The van der Waals surface area contributed by atoms with E-state index in [4.69, 9.17) is 4.42 Å². The third-order valence-corrected chi connectivity index (χ3v) is 9.31. The summed E-state index contributed by atoms with van der Waals surface area (Å²) in [4.78, 5) is 0. The average molecular weight is 575 g/mol. The Balaban J connectivity index is 1.25. The standard InChI is InChI=1S/C42H26N2O/c1-3-11-27(12-4-1)28-19-21-30(22-20-28)43-37-18-10-8-16-33(37)41-38(43)24-23-32-35-25-39-34(26-40(35)45-42(32)41)31-15-7-9-17-36(31)44(39)29-13-5-2-6-14-29/h1-26H. The minimum Gasteiger partial charge on any atom is -0.455 e. The summed E-state index contributed by atoms with van der Waals surface area (Å²) in [6.07, 6.45) is 0. The maximum absolute atomic E-state index is 6.85. The van der Waals surface area contributed by atoms with E-state index < -0.39 is 0 Å². The molecule has 0 aliphatic heterocycles. The molecule has 0 saturated heterocycles. The Morgan fingerprint density at radius 3 is 1.73 bits per heavy atom. The molecule has 0 N–H and O–H groups in total. The van der Waals surface area contributed by atoms with Crippen LogP contribution in [0.3, 0.4) is 0 Å². The molecule has 0 amide bonds. The summed E-state index contributed by atoms with van der Waals surface area (Å²) < 4.78 is 11.6. The molecule has 7 aromatic carbocycles. The van der Waals surface area contributed by atoms with Crippen LogP contribution in [-0.4, -0.2) is 9.13 Å². The number of furan rings is 1. The van der Waals surface area contributed by atoms with Crippen molar-refractivity contribution in [3.63, 3.8) is 0 Å². The van der Waals surface area contributed by atoms with E-state index in [0.717, 1.165) is 44.2 Å². The van der Waals surface area contributed by atoms with E-state index >= 15 is 0 Å². The largest absolute Gasteiger partial charge is 0.455 e. The first-order valence-corrected chi connectivity index (χ1v) is 15.4. The molecule has 0 unspecified atom stereocenters. The second kappa shape index (κ2) is 9.22. The lowest BCUT2D eigenvalue weighted by molar-refractivity contribution is 0.673. The van der Waals surface area contributed by atoms with E-state index in [9.17, 15) is 0 Å². The van der Waals surface area contributed by atoms with E-state index in [1.54, 1.807) is 0 Å². The van der Waals surface area contributed by atoms with Gasteiger partial charge in [0.15, 0.2) is 0 Å². The summed E-state index contributed by atoms with van der Waals surface area (Å²) in [5, 5.41) is 7.01. The molecule has 3 heteroatoms. The predicted octanol–water partition coefficient (Wildman–Crippen LogP) is 11.4. The van der Waals surface area contributed by atoms with E-state index in [1.807, 2.05) is 0 Å². The van der Waals surface area contributed by atoms with Gasteiger partial charge in [-0.05, 0) is 71.8 Å². The number of aromatic nitrogens is 2. The van der Waals surface area contributed by atoms with Crippen molar-refractivity contribution in [3.8, 4) is 22.5 Å². The molecule has 0 atom stereocenters. The molecule has 0 saturated carbocycles. The van der Waals surface area contributed by atoms with Gasteiger partial charge in [0.1, 0.15) is 11.2 Å². The molecular weight excluding hydrogens is 548 g/mol. The molecule has 0 aliphatic carbocycles. The van der Waals surface area contributed by atoms with E-state index in [0.29, 0.717) is 0 Å². The van der Waals surface area contributed by atoms with Gasteiger partial charge < -0.3 is 13.6 Å². The van der Waals surface area contributed by atoms with Crippen molar-refractivity contribution < 1.29 is 4.42 Å². The Morgan fingerprint density at radius 1 is 0.356 bits per heavy atom. The van der Waals surface area contributed by atoms with Crippen LogP contribution >= 0.6 is 0 Å². The normalized spacial score (nSPS) is 12.0. The molecule has 0 bridgehead atoms. The molecule has 3 aromatic heterocycles. The van der Waals surface area contributed by atoms with Gasteiger partial charge in [-0.15, -0.1) is 0 Å². The first-order valence-electron chi connectivity index (χ1n) is 15.4. The summed E-state index contributed by atoms with van der Waals surface area (Å²) in [5.41, 5.74) is 11.2. The van der Waals surface area contributed by atoms with Crippen LogP contribution in [0, 0.1) is 0 Å². The molecule has 10 rings (SSSR count). The zero-order valence-corrected chi connectivity index (χ0v) is 24.3. The van der Waals surface area contributed by atoms with Crippen molar-refractivity contribution in [1.29, 1.82) is 0 Å². The summed E-state index contributed by atoms with van der Waals surface area (Å²) in [6.45, 7) is 0. The number of hydrogen-bond acceptors (Lipinski definition) is 1. The second-order valence-electron chi connectivity index (χ2n) is 11.8. The minimum atomic E-state index is 0.907. The number of benzene rings is 7. The van der Waals surface area contributed by atoms with Gasteiger partial charge in [-0.2, -0.15) is 0 Å². The molecule has 0 aliphatic rings. The van der Waals surface area contributed by atoms with Crippen LogP contribution in [0.1, 0.15) is 0 Å². The fourth-order valence-corrected chi connectivity index (χ4v) is 7.31. The summed E-state index contributed by atoms with van der Waals surface area (Å²) >= 11 is 0. The Hall–Kier alpha value is -6.06. The molecule has 3 nitrogen and oxygen atoms in total. The minimum absolute atomic E-state index is 0.907. The van der Waals surface area contributed by atoms with Crippen LogP contribution in [0.2, 0.25) is 0 Å². The quantitative estimate of drug-likeness (QED) is 0.206. The molecule has 0 spiro atoms. The van der Waals surface area contributed by atoms with Crippen LogP contribution in [0.15, 0.2) is 162 Å². The summed E-state index contributed by atoms with van der Waals surface area (Å²) in [6, 6.07) is 56.4. The first kappa shape index (κ1) is 24.4. The lowest BCUT2D eigenvalue weighted by Gasteiger charge is -2.09. The Morgan fingerprint density at radius 2 is 0.956 bits per heavy atom. The zero-order valence-electron chi connectivity index (χ0n) is 24.3. The lowest BCUT2D eigenvalue weighted by Crippen LogP contribution is -1.93. The molecule has 0 fully saturated rings. The van der Waals surface area contributed by atoms with Gasteiger partial charge in [-0.1, -0.05) is 97.1 Å². The van der Waals surface area contributed by atoms with Crippen molar-refractivity contribution in [2.75, 3.05) is 0 Å². The fourth-order valence-electron chi connectivity index (χ4n) is 7.31. The average Bonchev–Trinajstić information content (AvgIpc) is 3.75. The van der Waals surface area contributed by atoms with Crippen molar-refractivity contribution in [2.45, 2.75) is 0 Å². The summed E-state index contributed by atoms with van der Waals surface area (Å²) in [5.74, 6) is 0. The van der Waals surface area contributed by atoms with Crippen LogP contribution in [0.4, 0.5) is 0 Å². The molecule has 210 valence electrons. The maximum Gasteiger partial charge on any atom is 0.145 e. The van der Waals surface area contributed by atoms with Crippen molar-refractivity contribution >= 4 is 65.6 Å². The number of nitrogens with zero attached hydrogens (tertiary/aromatic N) is 2. The van der Waals surface area contributed by atoms with Crippen molar-refractivity contribution in [2.24, 2.45) is 0 Å². The van der Waals surface area contributed by atoms with E-state index in [1.165, 1.54) is 43.8 Å². The number of hydrogen-bond donors (Lipinski definition) is 0. The number of para-hydroxylation sites is 3. The number of fused-ring (bicyclic) bond motifs is 10. The lowest BCUT2D eigenvalue weighted by atomic mass is 10.1. The fraction of sp³-hybridized carbons (Fsp3) is 0. The monoisotopic (exact) mass is 574 g/mol. The van der Waals surface area contributed by atoms with Crippen LogP contribution in [0.5, 0.6) is 0 Å².